The molecule has 0 atom stereocenters. The molecule has 5 rings (SSSR count). The highest BCUT2D eigenvalue weighted by atomic mass is 35.5. The zero-order chi connectivity index (χ0) is 20.5. The van der Waals surface area contributed by atoms with Gasteiger partial charge in [-0.2, -0.15) is 5.10 Å². The number of benzene rings is 2. The zero-order valence-corrected chi connectivity index (χ0v) is 19.0. The van der Waals surface area contributed by atoms with E-state index in [1.54, 1.807) is 12.3 Å². The highest BCUT2D eigenvalue weighted by Crippen LogP contribution is 2.34. The van der Waals surface area contributed by atoms with Gasteiger partial charge >= 0.3 is 0 Å². The number of ether oxygens (including phenoxy) is 1. The average molecular weight is 493 g/mol. The number of nitrogens with zero attached hydrogens (tertiary/aromatic N) is 4. The number of hydrogen-bond donors (Lipinski definition) is 3. The zero-order valence-electron chi connectivity index (χ0n) is 16.7. The predicted molar refractivity (Wildman–Crippen MR) is 132 cm³/mol. The van der Waals surface area contributed by atoms with Crippen molar-refractivity contribution in [1.82, 2.24) is 24.7 Å². The Morgan fingerprint density at radius 2 is 1.97 bits per heavy atom. The Labute approximate surface area is 201 Å². The number of hydrogen-bond acceptors (Lipinski definition) is 6. The second-order valence-electron chi connectivity index (χ2n) is 6.75. The van der Waals surface area contributed by atoms with Crippen molar-refractivity contribution in [3.8, 4) is 11.5 Å². The Morgan fingerprint density at radius 1 is 1.09 bits per heavy atom. The number of nitrogens with one attached hydrogen (secondary N) is 2. The van der Waals surface area contributed by atoms with Crippen molar-refractivity contribution in [3.63, 3.8) is 0 Å². The summed E-state index contributed by atoms with van der Waals surface area (Å²) >= 11 is 6.48. The van der Waals surface area contributed by atoms with Gasteiger partial charge in [0, 0.05) is 36.4 Å². The van der Waals surface area contributed by atoms with Gasteiger partial charge in [0.1, 0.15) is 23.3 Å². The summed E-state index contributed by atoms with van der Waals surface area (Å²) in [6.45, 7) is 1.21. The Bertz CT molecular complexity index is 1350. The molecule has 0 fully saturated rings. The molecule has 0 aliphatic heterocycles. The normalized spacial score (nSPS) is 10.6. The van der Waals surface area contributed by atoms with Gasteiger partial charge in [-0.3, -0.25) is 5.10 Å². The molecule has 0 bridgehead atoms. The Balaban J connectivity index is 0.00000144. The molecule has 32 heavy (non-hydrogen) atoms. The minimum Gasteiger partial charge on any atom is -0.456 e. The standard InChI is InChI=1S/C21H18ClN7O.2ClH/c22-16-9-14(27-21-20-17(24-12-25-21)5-7-29(20)8-6-23)2-4-19(16)30-15-3-1-13-11-26-28-18(13)10-15;;/h1-5,7,9-12H,6,8,23H2,(H,26,28)(H,24,25,27);2*1H. The van der Waals surface area contributed by atoms with Crippen LogP contribution in [0.15, 0.2) is 61.2 Å². The first-order valence-electron chi connectivity index (χ1n) is 9.39. The van der Waals surface area contributed by atoms with Gasteiger partial charge in [-0.15, -0.1) is 24.8 Å². The van der Waals surface area contributed by atoms with E-state index in [-0.39, 0.29) is 24.8 Å². The third-order valence-electron chi connectivity index (χ3n) is 4.76. The second kappa shape index (κ2) is 10.1. The fraction of sp³-hybridized carbons (Fsp3) is 0.0952. The highest BCUT2D eigenvalue weighted by Gasteiger charge is 2.11. The fourth-order valence-electron chi connectivity index (χ4n) is 3.35. The molecule has 11 heteroatoms. The molecule has 0 aliphatic carbocycles. The molecular weight excluding hydrogens is 473 g/mol. The topological polar surface area (TPSA) is 107 Å². The van der Waals surface area contributed by atoms with Crippen molar-refractivity contribution < 1.29 is 4.74 Å². The molecule has 3 heterocycles. The van der Waals surface area contributed by atoms with E-state index < -0.39 is 0 Å². The van der Waals surface area contributed by atoms with Crippen LogP contribution < -0.4 is 15.8 Å². The number of aromatic nitrogens is 5. The van der Waals surface area contributed by atoms with Gasteiger partial charge in [0.15, 0.2) is 5.82 Å². The van der Waals surface area contributed by atoms with E-state index in [4.69, 9.17) is 22.1 Å². The lowest BCUT2D eigenvalue weighted by atomic mass is 10.2. The van der Waals surface area contributed by atoms with Gasteiger partial charge in [-0.1, -0.05) is 11.6 Å². The van der Waals surface area contributed by atoms with Crippen LogP contribution in [0.5, 0.6) is 11.5 Å². The lowest BCUT2D eigenvalue weighted by molar-refractivity contribution is 0.483. The summed E-state index contributed by atoms with van der Waals surface area (Å²) in [5.74, 6) is 1.92. The maximum Gasteiger partial charge on any atom is 0.158 e. The molecule has 0 saturated heterocycles. The molecule has 0 saturated carbocycles. The van der Waals surface area contributed by atoms with Crippen molar-refractivity contribution >= 4 is 69.9 Å². The van der Waals surface area contributed by atoms with Crippen LogP contribution >= 0.6 is 36.4 Å². The van der Waals surface area contributed by atoms with E-state index in [1.165, 1.54) is 6.33 Å². The van der Waals surface area contributed by atoms with Crippen molar-refractivity contribution in [1.29, 1.82) is 0 Å². The molecule has 5 aromatic rings. The van der Waals surface area contributed by atoms with Gasteiger partial charge in [-0.05, 0) is 36.4 Å². The van der Waals surface area contributed by atoms with Gasteiger partial charge in [0.2, 0.25) is 0 Å². The van der Waals surface area contributed by atoms with Crippen molar-refractivity contribution in [3.05, 3.63) is 66.2 Å². The van der Waals surface area contributed by atoms with Crippen molar-refractivity contribution in [2.75, 3.05) is 11.9 Å². The van der Waals surface area contributed by atoms with Gasteiger partial charge in [0.25, 0.3) is 0 Å². The molecular formula is C21H20Cl3N7O. The van der Waals surface area contributed by atoms with E-state index in [0.717, 1.165) is 27.6 Å². The van der Waals surface area contributed by atoms with Crippen LogP contribution in [0.1, 0.15) is 0 Å². The summed E-state index contributed by atoms with van der Waals surface area (Å²) in [5.41, 5.74) is 9.15. The minimum atomic E-state index is 0. The summed E-state index contributed by atoms with van der Waals surface area (Å²) < 4.78 is 7.98. The first-order valence-corrected chi connectivity index (χ1v) is 9.76. The predicted octanol–water partition coefficient (Wildman–Crippen LogP) is 5.30. The Morgan fingerprint density at radius 3 is 2.78 bits per heavy atom. The molecule has 0 unspecified atom stereocenters. The number of H-pyrrole nitrogens is 1. The second-order valence-corrected chi connectivity index (χ2v) is 7.15. The molecule has 166 valence electrons. The summed E-state index contributed by atoms with van der Waals surface area (Å²) in [7, 11) is 0. The SMILES string of the molecule is Cl.Cl.NCCn1ccc2ncnc(Nc3ccc(Oc4ccc5cn[nH]c5c4)c(Cl)c3)c21. The van der Waals surface area contributed by atoms with Crippen LogP contribution in [-0.4, -0.2) is 31.3 Å². The van der Waals surface area contributed by atoms with Gasteiger partial charge in [-0.25, -0.2) is 9.97 Å². The summed E-state index contributed by atoms with van der Waals surface area (Å²) in [5, 5.41) is 11.8. The van der Waals surface area contributed by atoms with Gasteiger partial charge in [0.05, 0.1) is 22.3 Å². The molecule has 8 nitrogen and oxygen atoms in total. The number of fused-ring (bicyclic) bond motifs is 2. The highest BCUT2D eigenvalue weighted by molar-refractivity contribution is 6.32. The largest absolute Gasteiger partial charge is 0.456 e. The number of rotatable bonds is 6. The first kappa shape index (κ1) is 23.6. The van der Waals surface area contributed by atoms with Crippen LogP contribution in [-0.2, 0) is 6.54 Å². The molecule has 4 N–H and O–H groups in total. The Kier molecular flexibility index (Phi) is 7.42. The van der Waals surface area contributed by atoms with Crippen LogP contribution in [0.3, 0.4) is 0 Å². The van der Waals surface area contributed by atoms with E-state index >= 15 is 0 Å². The quantitative estimate of drug-likeness (QED) is 0.297. The molecule has 0 spiro atoms. The van der Waals surface area contributed by atoms with Crippen LogP contribution in [0.4, 0.5) is 11.5 Å². The third-order valence-corrected chi connectivity index (χ3v) is 5.05. The average Bonchev–Trinajstić information content (AvgIpc) is 3.38. The maximum atomic E-state index is 6.48. The van der Waals surface area contributed by atoms with Crippen LogP contribution in [0.25, 0.3) is 21.9 Å². The summed E-state index contributed by atoms with van der Waals surface area (Å²) in [6.07, 6.45) is 5.25. The lowest BCUT2D eigenvalue weighted by Gasteiger charge is -2.12. The van der Waals surface area contributed by atoms with Crippen LogP contribution in [0.2, 0.25) is 5.02 Å². The van der Waals surface area contributed by atoms with Crippen LogP contribution in [0, 0.1) is 0 Å². The monoisotopic (exact) mass is 491 g/mol. The minimum absolute atomic E-state index is 0. The van der Waals surface area contributed by atoms with Crippen molar-refractivity contribution in [2.45, 2.75) is 6.54 Å². The van der Waals surface area contributed by atoms with E-state index in [0.29, 0.717) is 35.4 Å². The molecule has 2 aromatic carbocycles. The smallest absolute Gasteiger partial charge is 0.158 e. The third kappa shape index (κ3) is 4.58. The summed E-state index contributed by atoms with van der Waals surface area (Å²) in [6, 6.07) is 13.2. The molecule has 0 aliphatic rings. The van der Waals surface area contributed by atoms with Gasteiger partial charge < -0.3 is 20.4 Å². The fourth-order valence-corrected chi connectivity index (χ4v) is 3.57. The number of nitrogens with two attached hydrogens (primary N) is 1. The number of halogens is 3. The maximum absolute atomic E-state index is 6.48. The molecule has 0 radical (unpaired) electrons. The van der Waals surface area contributed by atoms with E-state index in [2.05, 4.69) is 25.5 Å². The van der Waals surface area contributed by atoms with Crippen molar-refractivity contribution in [2.24, 2.45) is 5.73 Å². The lowest BCUT2D eigenvalue weighted by Crippen LogP contribution is -2.10. The van der Waals surface area contributed by atoms with E-state index in [9.17, 15) is 0 Å². The number of anilines is 2. The first-order chi connectivity index (χ1) is 14.7. The number of aromatic amines is 1. The summed E-state index contributed by atoms with van der Waals surface area (Å²) in [4.78, 5) is 8.71. The Hall–Kier alpha value is -3.04. The van der Waals surface area contributed by atoms with E-state index in [1.807, 2.05) is 47.2 Å². The molecule has 3 aromatic heterocycles. The molecule has 0 amide bonds.